The molecular weight excluding hydrogens is 170 g/mol. The van der Waals surface area contributed by atoms with Crippen molar-refractivity contribution in [1.82, 2.24) is 4.90 Å². The average molecular weight is 187 g/mol. The molecule has 1 aliphatic rings. The molecule has 0 aromatic rings. The molecule has 0 bridgehead atoms. The Morgan fingerprint density at radius 1 is 1.46 bits per heavy atom. The lowest BCUT2D eigenvalue weighted by molar-refractivity contribution is -0.164. The van der Waals surface area contributed by atoms with E-state index < -0.39 is 12.2 Å². The second-order valence-corrected chi connectivity index (χ2v) is 3.22. The molecular formula is C9H17NO3. The zero-order valence-electron chi connectivity index (χ0n) is 8.03. The van der Waals surface area contributed by atoms with Gasteiger partial charge in [0.15, 0.2) is 0 Å². The number of ether oxygens (including phenoxy) is 1. The topological polar surface area (TPSA) is 49.8 Å². The first-order valence-corrected chi connectivity index (χ1v) is 4.84. The van der Waals surface area contributed by atoms with E-state index in [1.54, 1.807) is 11.8 Å². The van der Waals surface area contributed by atoms with E-state index >= 15 is 0 Å². The normalized spacial score (nSPS) is 21.1. The van der Waals surface area contributed by atoms with E-state index in [9.17, 15) is 9.90 Å². The summed E-state index contributed by atoms with van der Waals surface area (Å²) in [5.41, 5.74) is 0. The van der Waals surface area contributed by atoms with Gasteiger partial charge in [0.25, 0.3) is 0 Å². The molecule has 0 spiro atoms. The molecule has 0 aliphatic carbocycles. The maximum atomic E-state index is 11.1. The summed E-state index contributed by atoms with van der Waals surface area (Å²) in [5, 5.41) is 9.52. The van der Waals surface area contributed by atoms with E-state index in [1.165, 1.54) is 6.42 Å². The van der Waals surface area contributed by atoms with Crippen LogP contribution in [0.15, 0.2) is 0 Å². The first kappa shape index (κ1) is 10.5. The monoisotopic (exact) mass is 187 g/mol. The van der Waals surface area contributed by atoms with Gasteiger partial charge in [-0.15, -0.1) is 0 Å². The van der Waals surface area contributed by atoms with E-state index in [4.69, 9.17) is 4.74 Å². The van der Waals surface area contributed by atoms with Gasteiger partial charge in [0.05, 0.1) is 6.61 Å². The Kier molecular flexibility index (Phi) is 4.18. The summed E-state index contributed by atoms with van der Waals surface area (Å²) in [6, 6.07) is 0. The molecule has 1 heterocycles. The first-order chi connectivity index (χ1) is 6.25. The smallest absolute Gasteiger partial charge is 0.350 e. The van der Waals surface area contributed by atoms with E-state index in [0.717, 1.165) is 25.9 Å². The molecule has 0 aromatic carbocycles. The van der Waals surface area contributed by atoms with Crippen LogP contribution in [0.1, 0.15) is 26.2 Å². The summed E-state index contributed by atoms with van der Waals surface area (Å²) in [5.74, 6) is -0.524. The summed E-state index contributed by atoms with van der Waals surface area (Å²) in [6.45, 7) is 3.64. The fourth-order valence-corrected chi connectivity index (χ4v) is 1.53. The molecule has 76 valence electrons. The number of nitrogens with zero attached hydrogens (tertiary/aromatic N) is 1. The van der Waals surface area contributed by atoms with E-state index in [2.05, 4.69) is 0 Å². The molecule has 4 nitrogen and oxygen atoms in total. The standard InChI is InChI=1S/C9H17NO3/c1-2-13-9(12)8(11)10-6-4-3-5-7-10/h8,11H,2-7H2,1H3. The maximum absolute atomic E-state index is 11.1. The molecule has 1 unspecified atom stereocenters. The van der Waals surface area contributed by atoms with Crippen molar-refractivity contribution in [2.24, 2.45) is 0 Å². The van der Waals surface area contributed by atoms with Crippen molar-refractivity contribution in [2.45, 2.75) is 32.4 Å². The number of hydrogen-bond donors (Lipinski definition) is 1. The van der Waals surface area contributed by atoms with Crippen molar-refractivity contribution in [1.29, 1.82) is 0 Å². The van der Waals surface area contributed by atoms with Crippen molar-refractivity contribution in [2.75, 3.05) is 19.7 Å². The molecule has 1 atom stereocenters. The van der Waals surface area contributed by atoms with Crippen LogP contribution in [0.3, 0.4) is 0 Å². The van der Waals surface area contributed by atoms with Crippen molar-refractivity contribution >= 4 is 5.97 Å². The van der Waals surface area contributed by atoms with Crippen molar-refractivity contribution < 1.29 is 14.6 Å². The molecule has 13 heavy (non-hydrogen) atoms. The molecule has 1 fully saturated rings. The Morgan fingerprint density at radius 2 is 2.08 bits per heavy atom. The maximum Gasteiger partial charge on any atom is 0.350 e. The minimum atomic E-state index is -1.06. The van der Waals surface area contributed by atoms with Crippen LogP contribution in [0.25, 0.3) is 0 Å². The molecule has 1 saturated heterocycles. The summed E-state index contributed by atoms with van der Waals surface area (Å²) < 4.78 is 4.73. The first-order valence-electron chi connectivity index (χ1n) is 4.84. The third kappa shape index (κ3) is 2.97. The zero-order valence-corrected chi connectivity index (χ0v) is 8.03. The highest BCUT2D eigenvalue weighted by atomic mass is 16.5. The van der Waals surface area contributed by atoms with Gasteiger partial charge in [-0.05, 0) is 19.8 Å². The number of aliphatic hydroxyl groups excluding tert-OH is 1. The highest BCUT2D eigenvalue weighted by Gasteiger charge is 2.25. The zero-order chi connectivity index (χ0) is 9.68. The van der Waals surface area contributed by atoms with Gasteiger partial charge in [0.2, 0.25) is 6.23 Å². The summed E-state index contributed by atoms with van der Waals surface area (Å²) >= 11 is 0. The van der Waals surface area contributed by atoms with Crippen LogP contribution >= 0.6 is 0 Å². The van der Waals surface area contributed by atoms with Gasteiger partial charge in [-0.1, -0.05) is 6.42 Å². The van der Waals surface area contributed by atoms with Crippen molar-refractivity contribution in [3.63, 3.8) is 0 Å². The highest BCUT2D eigenvalue weighted by Crippen LogP contribution is 2.11. The third-order valence-corrected chi connectivity index (χ3v) is 2.23. The molecule has 0 amide bonds. The fourth-order valence-electron chi connectivity index (χ4n) is 1.53. The van der Waals surface area contributed by atoms with Crippen LogP contribution in [0.5, 0.6) is 0 Å². The van der Waals surface area contributed by atoms with Gasteiger partial charge in [-0.2, -0.15) is 0 Å². The quantitative estimate of drug-likeness (QED) is 0.648. The lowest BCUT2D eigenvalue weighted by atomic mass is 10.1. The summed E-state index contributed by atoms with van der Waals surface area (Å²) in [4.78, 5) is 12.9. The SMILES string of the molecule is CCOC(=O)C(O)N1CCCCC1. The second kappa shape index (κ2) is 5.19. The summed E-state index contributed by atoms with van der Waals surface area (Å²) in [7, 11) is 0. The van der Waals surface area contributed by atoms with Crippen LogP contribution in [-0.4, -0.2) is 41.9 Å². The van der Waals surface area contributed by atoms with Gasteiger partial charge < -0.3 is 9.84 Å². The Labute approximate surface area is 78.5 Å². The Hall–Kier alpha value is -0.610. The second-order valence-electron chi connectivity index (χ2n) is 3.22. The average Bonchev–Trinajstić information content (AvgIpc) is 2.18. The third-order valence-electron chi connectivity index (χ3n) is 2.23. The molecule has 4 heteroatoms. The van der Waals surface area contributed by atoms with Gasteiger partial charge in [0.1, 0.15) is 0 Å². The molecule has 0 aromatic heterocycles. The molecule has 1 rings (SSSR count). The number of likely N-dealkylation sites (tertiary alicyclic amines) is 1. The lowest BCUT2D eigenvalue weighted by Gasteiger charge is -2.29. The molecule has 0 radical (unpaired) electrons. The number of aliphatic hydroxyl groups is 1. The Balaban J connectivity index is 2.35. The van der Waals surface area contributed by atoms with Gasteiger partial charge in [-0.25, -0.2) is 4.79 Å². The Morgan fingerprint density at radius 3 is 2.62 bits per heavy atom. The number of rotatable bonds is 3. The molecule has 1 aliphatic heterocycles. The minimum absolute atomic E-state index is 0.323. The summed E-state index contributed by atoms with van der Waals surface area (Å²) in [6.07, 6.45) is 2.24. The van der Waals surface area contributed by atoms with Crippen LogP contribution in [0, 0.1) is 0 Å². The number of esters is 1. The van der Waals surface area contributed by atoms with E-state index in [0.29, 0.717) is 6.61 Å². The lowest BCUT2D eigenvalue weighted by Crippen LogP contribution is -2.44. The Bertz CT molecular complexity index is 166. The van der Waals surface area contributed by atoms with E-state index in [1.807, 2.05) is 0 Å². The number of hydrogen-bond acceptors (Lipinski definition) is 4. The number of carbonyl (C=O) groups excluding carboxylic acids is 1. The fraction of sp³-hybridized carbons (Fsp3) is 0.889. The minimum Gasteiger partial charge on any atom is -0.463 e. The van der Waals surface area contributed by atoms with Crippen molar-refractivity contribution in [3.05, 3.63) is 0 Å². The molecule has 0 saturated carbocycles. The predicted octanol–water partition coefficient (Wildman–Crippen LogP) is 0.354. The predicted molar refractivity (Wildman–Crippen MR) is 48.1 cm³/mol. The van der Waals surface area contributed by atoms with Crippen LogP contribution in [0.2, 0.25) is 0 Å². The highest BCUT2D eigenvalue weighted by molar-refractivity contribution is 5.73. The van der Waals surface area contributed by atoms with Crippen LogP contribution in [0.4, 0.5) is 0 Å². The number of piperidine rings is 1. The molecule has 1 N–H and O–H groups in total. The van der Waals surface area contributed by atoms with Gasteiger partial charge >= 0.3 is 5.97 Å². The number of carbonyl (C=O) groups is 1. The van der Waals surface area contributed by atoms with Crippen LogP contribution < -0.4 is 0 Å². The largest absolute Gasteiger partial charge is 0.463 e. The van der Waals surface area contributed by atoms with Gasteiger partial charge in [-0.3, -0.25) is 4.90 Å². The van der Waals surface area contributed by atoms with Crippen molar-refractivity contribution in [3.8, 4) is 0 Å². The van der Waals surface area contributed by atoms with Crippen LogP contribution in [-0.2, 0) is 9.53 Å². The van der Waals surface area contributed by atoms with E-state index in [-0.39, 0.29) is 0 Å². The van der Waals surface area contributed by atoms with Gasteiger partial charge in [0, 0.05) is 13.1 Å².